The topological polar surface area (TPSA) is 61.2 Å². The van der Waals surface area contributed by atoms with Crippen molar-refractivity contribution >= 4 is 44.9 Å². The second-order valence-electron chi connectivity index (χ2n) is 7.10. The highest BCUT2D eigenvalue weighted by Gasteiger charge is 2.19. The number of aryl methyl sites for hydroxylation is 3. The second-order valence-corrected chi connectivity index (χ2v) is 8.57. The number of benzene rings is 2. The van der Waals surface area contributed by atoms with Crippen LogP contribution in [0.5, 0.6) is 0 Å². The Morgan fingerprint density at radius 1 is 1.03 bits per heavy atom. The fourth-order valence-corrected chi connectivity index (χ4v) is 4.31. The fraction of sp³-hybridized carbons (Fsp3) is 0.174. The van der Waals surface area contributed by atoms with E-state index in [0.717, 1.165) is 32.7 Å². The highest BCUT2D eigenvalue weighted by molar-refractivity contribution is 7.20. The van der Waals surface area contributed by atoms with Gasteiger partial charge in [0.05, 0.1) is 11.4 Å². The minimum absolute atomic E-state index is 0.226. The van der Waals surface area contributed by atoms with Crippen molar-refractivity contribution < 1.29 is 14.3 Å². The number of halogens is 1. The zero-order valence-electron chi connectivity index (χ0n) is 16.7. The second kappa shape index (κ2) is 8.05. The van der Waals surface area contributed by atoms with Crippen molar-refractivity contribution in [2.24, 2.45) is 0 Å². The van der Waals surface area contributed by atoms with E-state index in [1.54, 1.807) is 28.9 Å². The third-order valence-electron chi connectivity index (χ3n) is 4.98. The molecule has 152 valence electrons. The first-order valence-electron chi connectivity index (χ1n) is 9.36. The average molecular weight is 439 g/mol. The highest BCUT2D eigenvalue weighted by atomic mass is 35.5. The molecule has 4 aromatic rings. The van der Waals surface area contributed by atoms with Gasteiger partial charge >= 0.3 is 5.97 Å². The predicted molar refractivity (Wildman–Crippen MR) is 119 cm³/mol. The molecule has 0 saturated carbocycles. The largest absolute Gasteiger partial charge is 0.453 e. The van der Waals surface area contributed by atoms with Crippen LogP contribution in [0.4, 0.5) is 0 Å². The molecule has 0 aliphatic heterocycles. The molecule has 7 heteroatoms. The minimum Gasteiger partial charge on any atom is -0.453 e. The fourth-order valence-electron chi connectivity index (χ4n) is 3.11. The molecule has 4 rings (SSSR count). The Labute approximate surface area is 182 Å². The number of hydrogen-bond acceptors (Lipinski definition) is 5. The van der Waals surface area contributed by atoms with Gasteiger partial charge in [0.2, 0.25) is 0 Å². The van der Waals surface area contributed by atoms with E-state index < -0.39 is 5.97 Å². The van der Waals surface area contributed by atoms with Gasteiger partial charge in [-0.2, -0.15) is 5.10 Å². The van der Waals surface area contributed by atoms with Crippen molar-refractivity contribution in [1.29, 1.82) is 0 Å². The molecule has 0 saturated heterocycles. The molecule has 0 aliphatic carbocycles. The third kappa shape index (κ3) is 3.88. The summed E-state index contributed by atoms with van der Waals surface area (Å²) in [4.78, 5) is 26.2. The number of thiophene rings is 1. The molecule has 2 aromatic carbocycles. The smallest absolute Gasteiger partial charge is 0.348 e. The van der Waals surface area contributed by atoms with Gasteiger partial charge in [-0.25, -0.2) is 9.48 Å². The predicted octanol–water partition coefficient (Wildman–Crippen LogP) is 5.71. The number of nitrogens with zero attached hydrogens (tertiary/aromatic N) is 2. The first-order valence-corrected chi connectivity index (χ1v) is 10.6. The van der Waals surface area contributed by atoms with Gasteiger partial charge in [0.15, 0.2) is 12.4 Å². The summed E-state index contributed by atoms with van der Waals surface area (Å²) in [5.41, 5.74) is 4.33. The molecule has 0 N–H and O–H groups in total. The maximum Gasteiger partial charge on any atom is 0.348 e. The summed E-state index contributed by atoms with van der Waals surface area (Å²) < 4.78 is 7.07. The van der Waals surface area contributed by atoms with Crippen LogP contribution in [-0.4, -0.2) is 28.1 Å². The molecule has 30 heavy (non-hydrogen) atoms. The van der Waals surface area contributed by atoms with Gasteiger partial charge in [0.1, 0.15) is 9.71 Å². The number of esters is 1. The quantitative estimate of drug-likeness (QED) is 0.296. The monoisotopic (exact) mass is 438 g/mol. The number of ether oxygens (including phenoxy) is 1. The molecule has 5 nitrogen and oxygen atoms in total. The van der Waals surface area contributed by atoms with E-state index in [1.807, 2.05) is 45.0 Å². The average Bonchev–Trinajstić information content (AvgIpc) is 3.29. The zero-order valence-corrected chi connectivity index (χ0v) is 18.3. The molecule has 0 amide bonds. The summed E-state index contributed by atoms with van der Waals surface area (Å²) in [7, 11) is 0. The Morgan fingerprint density at radius 3 is 2.47 bits per heavy atom. The van der Waals surface area contributed by atoms with E-state index in [2.05, 4.69) is 5.10 Å². The van der Waals surface area contributed by atoms with Gasteiger partial charge in [0, 0.05) is 16.0 Å². The van der Waals surface area contributed by atoms with Crippen LogP contribution in [0.15, 0.2) is 48.5 Å². The summed E-state index contributed by atoms with van der Waals surface area (Å²) in [5, 5.41) is 6.08. The lowest BCUT2D eigenvalue weighted by Gasteiger charge is -2.05. The Morgan fingerprint density at radius 2 is 1.77 bits per heavy atom. The molecule has 0 bridgehead atoms. The van der Waals surface area contributed by atoms with Gasteiger partial charge in [-0.1, -0.05) is 23.7 Å². The Balaban J connectivity index is 1.53. The summed E-state index contributed by atoms with van der Waals surface area (Å²) in [5.74, 6) is -0.744. The lowest BCUT2D eigenvalue weighted by atomic mass is 10.0. The number of carbonyl (C=O) groups excluding carboxylic acids is 2. The van der Waals surface area contributed by atoms with Crippen LogP contribution < -0.4 is 0 Å². The van der Waals surface area contributed by atoms with Gasteiger partial charge in [0.25, 0.3) is 0 Å². The Hall–Kier alpha value is -2.96. The van der Waals surface area contributed by atoms with E-state index >= 15 is 0 Å². The number of hydrogen-bond donors (Lipinski definition) is 0. The van der Waals surface area contributed by atoms with Crippen LogP contribution in [0.3, 0.4) is 0 Å². The Bertz CT molecular complexity index is 1270. The number of Topliss-reactive ketones (excluding diaryl/α,β-unsaturated/α-hetero) is 1. The van der Waals surface area contributed by atoms with Crippen LogP contribution in [0, 0.1) is 20.8 Å². The van der Waals surface area contributed by atoms with Crippen LogP contribution in [-0.2, 0) is 4.74 Å². The maximum atomic E-state index is 12.6. The standard InChI is InChI=1S/C23H19ClN2O3S/c1-13-4-5-16(10-14(13)2)20(27)12-29-23(28)21-11-19-15(3)25-26(22(19)30-21)18-8-6-17(24)7-9-18/h4-11H,12H2,1-3H3. The summed E-state index contributed by atoms with van der Waals surface area (Å²) in [6.07, 6.45) is 0. The number of aromatic nitrogens is 2. The summed E-state index contributed by atoms with van der Waals surface area (Å²) in [6.45, 7) is 5.53. The van der Waals surface area contributed by atoms with Crippen molar-refractivity contribution in [3.05, 3.63) is 80.8 Å². The number of ketones is 1. The first kappa shape index (κ1) is 20.3. The van der Waals surface area contributed by atoms with Crippen LogP contribution >= 0.6 is 22.9 Å². The number of fused-ring (bicyclic) bond motifs is 1. The highest BCUT2D eigenvalue weighted by Crippen LogP contribution is 2.31. The van der Waals surface area contributed by atoms with E-state index in [0.29, 0.717) is 15.5 Å². The minimum atomic E-state index is -0.518. The number of rotatable bonds is 5. The zero-order chi connectivity index (χ0) is 21.4. The van der Waals surface area contributed by atoms with Crippen molar-refractivity contribution in [2.45, 2.75) is 20.8 Å². The van der Waals surface area contributed by atoms with Crippen LogP contribution in [0.25, 0.3) is 15.9 Å². The van der Waals surface area contributed by atoms with E-state index in [1.165, 1.54) is 11.3 Å². The lowest BCUT2D eigenvalue weighted by molar-refractivity contribution is 0.0479. The van der Waals surface area contributed by atoms with Gasteiger partial charge in [-0.3, -0.25) is 4.79 Å². The van der Waals surface area contributed by atoms with Crippen LogP contribution in [0.2, 0.25) is 5.02 Å². The molecule has 0 radical (unpaired) electrons. The van der Waals surface area contributed by atoms with Crippen molar-refractivity contribution in [3.63, 3.8) is 0 Å². The van der Waals surface area contributed by atoms with E-state index in [4.69, 9.17) is 16.3 Å². The van der Waals surface area contributed by atoms with E-state index in [9.17, 15) is 9.59 Å². The molecule has 0 unspecified atom stereocenters. The molecule has 2 heterocycles. The lowest BCUT2D eigenvalue weighted by Crippen LogP contribution is -2.13. The van der Waals surface area contributed by atoms with Crippen LogP contribution in [0.1, 0.15) is 36.9 Å². The van der Waals surface area contributed by atoms with Crippen molar-refractivity contribution in [1.82, 2.24) is 9.78 Å². The summed E-state index contributed by atoms with van der Waals surface area (Å²) in [6, 6.07) is 14.5. The Kier molecular flexibility index (Phi) is 5.45. The SMILES string of the molecule is Cc1ccc(C(=O)COC(=O)c2cc3c(C)nn(-c4ccc(Cl)cc4)c3s2)cc1C. The summed E-state index contributed by atoms with van der Waals surface area (Å²) >= 11 is 7.26. The third-order valence-corrected chi connectivity index (χ3v) is 6.32. The van der Waals surface area contributed by atoms with Crippen molar-refractivity contribution in [2.75, 3.05) is 6.61 Å². The first-order chi connectivity index (χ1) is 14.3. The molecule has 0 aliphatic rings. The molecule has 0 fully saturated rings. The normalized spacial score (nSPS) is 11.1. The molecular formula is C23H19ClN2O3S. The van der Waals surface area contributed by atoms with Crippen molar-refractivity contribution in [3.8, 4) is 5.69 Å². The number of carbonyl (C=O) groups is 2. The van der Waals surface area contributed by atoms with Gasteiger partial charge in [-0.15, -0.1) is 11.3 Å². The molecule has 0 spiro atoms. The maximum absolute atomic E-state index is 12.6. The molecule has 0 atom stereocenters. The van der Waals surface area contributed by atoms with E-state index in [-0.39, 0.29) is 12.4 Å². The van der Waals surface area contributed by atoms with Gasteiger partial charge < -0.3 is 4.74 Å². The van der Waals surface area contributed by atoms with Gasteiger partial charge in [-0.05, 0) is 68.3 Å². The molecular weight excluding hydrogens is 420 g/mol. The molecule has 2 aromatic heterocycles.